The number of H-pyrrole nitrogens is 1. The van der Waals surface area contributed by atoms with Gasteiger partial charge in [0.15, 0.2) is 0 Å². The van der Waals surface area contributed by atoms with E-state index in [1.165, 1.54) is 24.5 Å². The molecule has 2 aromatic heterocycles. The fraction of sp³-hybridized carbons (Fsp3) is 0.467. The van der Waals surface area contributed by atoms with Gasteiger partial charge in [-0.2, -0.15) is 13.2 Å². The van der Waals surface area contributed by atoms with Gasteiger partial charge >= 0.3 is 6.18 Å². The lowest BCUT2D eigenvalue weighted by Gasteiger charge is -2.44. The van der Waals surface area contributed by atoms with Crippen molar-refractivity contribution in [3.63, 3.8) is 0 Å². The van der Waals surface area contributed by atoms with E-state index in [1.807, 2.05) is 44.5 Å². The van der Waals surface area contributed by atoms with Gasteiger partial charge in [0, 0.05) is 74.0 Å². The first-order chi connectivity index (χ1) is 20.6. The SMILES string of the molecule is C[C@@H]1CN(c2cc(F)c(-c3cnc(N4CCOC(C)(C)C4)nc3)cc2NC(=O)c2c[nH]c(=O)cc2C(F)(F)F)C[C@H](C)N1C. The molecule has 2 saturated heterocycles. The van der Waals surface area contributed by atoms with Crippen molar-refractivity contribution in [2.45, 2.75) is 51.6 Å². The molecule has 0 aliphatic carbocycles. The molecular weight excluding hydrogens is 582 g/mol. The average molecular weight is 618 g/mol. The minimum absolute atomic E-state index is 0.0608. The number of pyridine rings is 1. The molecule has 2 fully saturated rings. The van der Waals surface area contributed by atoms with E-state index in [1.54, 1.807) is 0 Å². The Hall–Kier alpha value is -4.04. The second-order valence-electron chi connectivity index (χ2n) is 12.0. The van der Waals surface area contributed by atoms with Crippen LogP contribution in [0.2, 0.25) is 0 Å². The van der Waals surface area contributed by atoms with Gasteiger partial charge in [0.05, 0.1) is 34.7 Å². The van der Waals surface area contributed by atoms with Crippen LogP contribution in [0.5, 0.6) is 0 Å². The molecule has 44 heavy (non-hydrogen) atoms. The molecule has 236 valence electrons. The maximum Gasteiger partial charge on any atom is 0.417 e. The van der Waals surface area contributed by atoms with E-state index >= 15 is 4.39 Å². The van der Waals surface area contributed by atoms with E-state index in [9.17, 15) is 22.8 Å². The molecule has 5 rings (SSSR count). The molecule has 4 heterocycles. The summed E-state index contributed by atoms with van der Waals surface area (Å²) in [5.74, 6) is -1.26. The number of nitrogens with one attached hydrogen (secondary N) is 2. The number of hydrogen-bond acceptors (Lipinski definition) is 8. The third-order valence-electron chi connectivity index (χ3n) is 8.17. The highest BCUT2D eigenvalue weighted by Crippen LogP contribution is 2.37. The van der Waals surface area contributed by atoms with Crippen LogP contribution in [0.3, 0.4) is 0 Å². The number of morpholine rings is 1. The van der Waals surface area contributed by atoms with Crippen molar-refractivity contribution >= 4 is 23.2 Å². The molecule has 3 aromatic rings. The third-order valence-corrected chi connectivity index (χ3v) is 8.17. The highest BCUT2D eigenvalue weighted by molar-refractivity contribution is 6.07. The number of carbonyl (C=O) groups excluding carboxylic acids is 1. The van der Waals surface area contributed by atoms with Gasteiger partial charge in [-0.25, -0.2) is 14.4 Å². The Kier molecular flexibility index (Phi) is 8.42. The number of likely N-dealkylation sites (N-methyl/N-ethyl adjacent to an activating group) is 1. The van der Waals surface area contributed by atoms with Crippen molar-refractivity contribution in [1.82, 2.24) is 19.9 Å². The minimum Gasteiger partial charge on any atom is -0.372 e. The number of anilines is 3. The number of aromatic nitrogens is 3. The number of alkyl halides is 3. The van der Waals surface area contributed by atoms with Crippen molar-refractivity contribution in [3.05, 3.63) is 64.1 Å². The van der Waals surface area contributed by atoms with Crippen molar-refractivity contribution in [2.75, 3.05) is 55.0 Å². The first kappa shape index (κ1) is 31.4. The zero-order valence-corrected chi connectivity index (χ0v) is 25.1. The zero-order valence-electron chi connectivity index (χ0n) is 25.1. The summed E-state index contributed by atoms with van der Waals surface area (Å²) in [4.78, 5) is 42.0. The van der Waals surface area contributed by atoms with Crippen molar-refractivity contribution in [3.8, 4) is 11.1 Å². The summed E-state index contributed by atoms with van der Waals surface area (Å²) in [6.45, 7) is 10.6. The molecule has 0 radical (unpaired) electrons. The molecule has 0 saturated carbocycles. The summed E-state index contributed by atoms with van der Waals surface area (Å²) in [6, 6.07) is 3.14. The number of aromatic amines is 1. The lowest BCUT2D eigenvalue weighted by Crippen LogP contribution is -2.55. The molecule has 1 amide bonds. The Morgan fingerprint density at radius 2 is 1.75 bits per heavy atom. The lowest BCUT2D eigenvalue weighted by atomic mass is 10.0. The van der Waals surface area contributed by atoms with E-state index in [4.69, 9.17) is 4.74 Å². The topological polar surface area (TPSA) is 107 Å². The van der Waals surface area contributed by atoms with E-state index in [-0.39, 0.29) is 28.9 Å². The molecule has 0 unspecified atom stereocenters. The number of benzene rings is 1. The Balaban J connectivity index is 1.54. The van der Waals surface area contributed by atoms with Gasteiger partial charge < -0.3 is 24.8 Å². The summed E-state index contributed by atoms with van der Waals surface area (Å²) in [5, 5.41) is 2.56. The maximum atomic E-state index is 15.8. The van der Waals surface area contributed by atoms with Gasteiger partial charge in [-0.15, -0.1) is 0 Å². The highest BCUT2D eigenvalue weighted by atomic mass is 19.4. The molecule has 2 N–H and O–H groups in total. The number of nitrogens with zero attached hydrogens (tertiary/aromatic N) is 5. The standard InChI is InChI=1S/C30H35F4N7O3/c1-17-14-41(15-18(2)39(17)5)25-10-23(31)20(19-11-36-28(37-12-19)40-6-7-44-29(3,4)16-40)8-24(25)38-27(43)21-13-35-26(42)9-22(21)30(32,33)34/h8-13,17-18H,6-7,14-16H2,1-5H3,(H,35,42)(H,38,43)/t17-,18+. The van der Waals surface area contributed by atoms with Gasteiger partial charge in [-0.1, -0.05) is 0 Å². The van der Waals surface area contributed by atoms with Gasteiger partial charge in [-0.3, -0.25) is 14.5 Å². The van der Waals surface area contributed by atoms with E-state index in [0.29, 0.717) is 56.1 Å². The highest BCUT2D eigenvalue weighted by Gasteiger charge is 2.36. The minimum atomic E-state index is -4.95. The maximum absolute atomic E-state index is 15.8. The molecule has 2 atom stereocenters. The van der Waals surface area contributed by atoms with Crippen LogP contribution in [0.1, 0.15) is 43.6 Å². The third kappa shape index (κ3) is 6.55. The van der Waals surface area contributed by atoms with E-state index in [2.05, 4.69) is 25.2 Å². The zero-order chi connectivity index (χ0) is 32.0. The first-order valence-corrected chi connectivity index (χ1v) is 14.3. The van der Waals surface area contributed by atoms with Crippen LogP contribution in [0.25, 0.3) is 11.1 Å². The molecular formula is C30H35F4N7O3. The van der Waals surface area contributed by atoms with E-state index in [0.717, 1.165) is 6.20 Å². The molecule has 0 bridgehead atoms. The number of halogens is 4. The number of carbonyl (C=O) groups is 1. The van der Waals surface area contributed by atoms with Crippen LogP contribution >= 0.6 is 0 Å². The molecule has 0 spiro atoms. The molecule has 1 aromatic carbocycles. The van der Waals surface area contributed by atoms with Crippen LogP contribution < -0.4 is 20.7 Å². The molecule has 10 nitrogen and oxygen atoms in total. The van der Waals surface area contributed by atoms with Crippen LogP contribution in [0.15, 0.2) is 41.6 Å². The van der Waals surface area contributed by atoms with Crippen LogP contribution in [0.4, 0.5) is 34.9 Å². The number of ether oxygens (including phenoxy) is 1. The first-order valence-electron chi connectivity index (χ1n) is 14.3. The Morgan fingerprint density at radius 3 is 2.36 bits per heavy atom. The average Bonchev–Trinajstić information content (AvgIpc) is 2.95. The summed E-state index contributed by atoms with van der Waals surface area (Å²) >= 11 is 0. The molecule has 2 aliphatic heterocycles. The molecule has 2 aliphatic rings. The van der Waals surface area contributed by atoms with Crippen LogP contribution in [-0.2, 0) is 10.9 Å². The van der Waals surface area contributed by atoms with Gasteiger partial charge in [0.25, 0.3) is 5.91 Å². The fourth-order valence-corrected chi connectivity index (χ4v) is 5.64. The monoisotopic (exact) mass is 617 g/mol. The van der Waals surface area contributed by atoms with Gasteiger partial charge in [0.1, 0.15) is 5.82 Å². The largest absolute Gasteiger partial charge is 0.417 e. The Labute approximate surface area is 252 Å². The number of rotatable bonds is 5. The Bertz CT molecular complexity index is 1580. The quantitative estimate of drug-likeness (QED) is 0.407. The van der Waals surface area contributed by atoms with Gasteiger partial charge in [0.2, 0.25) is 11.5 Å². The van der Waals surface area contributed by atoms with Crippen molar-refractivity contribution in [2.24, 2.45) is 0 Å². The smallest absolute Gasteiger partial charge is 0.372 e. The number of piperazine rings is 1. The lowest BCUT2D eigenvalue weighted by molar-refractivity contribution is -0.138. The summed E-state index contributed by atoms with van der Waals surface area (Å²) in [7, 11) is 1.98. The van der Waals surface area contributed by atoms with Crippen molar-refractivity contribution < 1.29 is 27.1 Å². The normalized spacial score (nSPS) is 20.9. The number of amides is 1. The van der Waals surface area contributed by atoms with Crippen molar-refractivity contribution in [1.29, 1.82) is 0 Å². The summed E-state index contributed by atoms with van der Waals surface area (Å²) in [6.07, 6.45) is -1.28. The predicted octanol–water partition coefficient (Wildman–Crippen LogP) is 4.39. The second kappa shape index (κ2) is 11.8. The number of hydrogen-bond donors (Lipinski definition) is 2. The second-order valence-corrected chi connectivity index (χ2v) is 12.0. The van der Waals surface area contributed by atoms with Crippen LogP contribution in [0, 0.1) is 5.82 Å². The summed E-state index contributed by atoms with van der Waals surface area (Å²) < 4.78 is 62.8. The fourth-order valence-electron chi connectivity index (χ4n) is 5.64. The van der Waals surface area contributed by atoms with Crippen LogP contribution in [-0.4, -0.2) is 83.3 Å². The van der Waals surface area contributed by atoms with Gasteiger partial charge in [-0.05, 0) is 46.9 Å². The summed E-state index contributed by atoms with van der Waals surface area (Å²) in [5.41, 5.74) is -2.72. The molecule has 14 heteroatoms. The predicted molar refractivity (Wildman–Crippen MR) is 159 cm³/mol. The van der Waals surface area contributed by atoms with E-state index < -0.39 is 34.6 Å². The Morgan fingerprint density at radius 1 is 1.09 bits per heavy atom.